The predicted octanol–water partition coefficient (Wildman–Crippen LogP) is 3.81. The Morgan fingerprint density at radius 2 is 2.13 bits per heavy atom. The van der Waals surface area contributed by atoms with Gasteiger partial charge in [0.2, 0.25) is 5.91 Å². The number of rotatable bonds is 4. The molecule has 0 saturated carbocycles. The summed E-state index contributed by atoms with van der Waals surface area (Å²) in [5.74, 6) is -0.121. The molecule has 2 heterocycles. The van der Waals surface area contributed by atoms with Crippen molar-refractivity contribution < 1.29 is 9.21 Å². The van der Waals surface area contributed by atoms with Gasteiger partial charge in [0.1, 0.15) is 6.26 Å². The highest BCUT2D eigenvalue weighted by molar-refractivity contribution is 5.90. The Labute approximate surface area is 133 Å². The number of carbonyl (C=O) groups is 1. The fourth-order valence-corrected chi connectivity index (χ4v) is 2.30. The summed E-state index contributed by atoms with van der Waals surface area (Å²) < 4.78 is 5.48. The summed E-state index contributed by atoms with van der Waals surface area (Å²) in [6.07, 6.45) is 6.55. The van der Waals surface area contributed by atoms with E-state index >= 15 is 0 Å². The molecule has 0 spiro atoms. The summed E-state index contributed by atoms with van der Waals surface area (Å²) >= 11 is 0. The number of oxazole rings is 1. The lowest BCUT2D eigenvalue weighted by Crippen LogP contribution is -2.13. The standard InChI is InChI=1S/C17H16N4O2/c1-12-5-6-14(20-13(2)22)10-16(12)21(17-19-8-9-23-17)15-4-3-7-18-11-15/h3-11H,1-2H3,(H,20,22). The summed E-state index contributed by atoms with van der Waals surface area (Å²) in [4.78, 5) is 21.6. The number of benzene rings is 1. The fourth-order valence-electron chi connectivity index (χ4n) is 2.30. The predicted molar refractivity (Wildman–Crippen MR) is 88.0 cm³/mol. The Balaban J connectivity index is 2.12. The van der Waals surface area contributed by atoms with Crippen molar-refractivity contribution in [1.82, 2.24) is 9.97 Å². The summed E-state index contributed by atoms with van der Waals surface area (Å²) in [7, 11) is 0. The Morgan fingerprint density at radius 1 is 1.26 bits per heavy atom. The average Bonchev–Trinajstić information content (AvgIpc) is 3.05. The molecule has 0 atom stereocenters. The van der Waals surface area contributed by atoms with E-state index in [1.807, 2.05) is 42.2 Å². The first-order valence-electron chi connectivity index (χ1n) is 7.13. The van der Waals surface area contributed by atoms with Crippen LogP contribution in [0.3, 0.4) is 0 Å². The van der Waals surface area contributed by atoms with E-state index in [0.29, 0.717) is 11.7 Å². The molecule has 6 heteroatoms. The number of aryl methyl sites for hydroxylation is 1. The van der Waals surface area contributed by atoms with Crippen LogP contribution in [0.5, 0.6) is 0 Å². The molecule has 0 saturated heterocycles. The maximum absolute atomic E-state index is 11.3. The van der Waals surface area contributed by atoms with Gasteiger partial charge in [-0.2, -0.15) is 0 Å². The van der Waals surface area contributed by atoms with Crippen molar-refractivity contribution in [3.63, 3.8) is 0 Å². The van der Waals surface area contributed by atoms with Crippen LogP contribution in [-0.4, -0.2) is 15.9 Å². The molecule has 0 fully saturated rings. The SMILES string of the molecule is CC(=O)Nc1ccc(C)c(N(c2cccnc2)c2ncco2)c1. The van der Waals surface area contributed by atoms with Gasteiger partial charge in [0.05, 0.1) is 23.8 Å². The quantitative estimate of drug-likeness (QED) is 0.793. The molecule has 0 unspecified atom stereocenters. The van der Waals surface area contributed by atoms with Crippen LogP contribution in [0.15, 0.2) is 59.6 Å². The summed E-state index contributed by atoms with van der Waals surface area (Å²) in [5.41, 5.74) is 3.39. The van der Waals surface area contributed by atoms with Crippen LogP contribution < -0.4 is 10.2 Å². The van der Waals surface area contributed by atoms with Gasteiger partial charge in [-0.05, 0) is 36.8 Å². The van der Waals surface area contributed by atoms with Crippen molar-refractivity contribution >= 4 is 29.0 Å². The fraction of sp³-hybridized carbons (Fsp3) is 0.118. The number of pyridine rings is 1. The number of carbonyl (C=O) groups excluding carboxylic acids is 1. The molecule has 0 bridgehead atoms. The Hall–Kier alpha value is -3.15. The molecule has 1 aromatic carbocycles. The highest BCUT2D eigenvalue weighted by Crippen LogP contribution is 2.36. The normalized spacial score (nSPS) is 10.3. The minimum Gasteiger partial charge on any atom is -0.432 e. The van der Waals surface area contributed by atoms with Crippen molar-refractivity contribution in [3.05, 3.63) is 60.7 Å². The van der Waals surface area contributed by atoms with Crippen LogP contribution >= 0.6 is 0 Å². The molecular weight excluding hydrogens is 292 g/mol. The lowest BCUT2D eigenvalue weighted by Gasteiger charge is -2.23. The number of nitrogens with one attached hydrogen (secondary N) is 1. The third-order valence-electron chi connectivity index (χ3n) is 3.29. The van der Waals surface area contributed by atoms with Crippen LogP contribution in [0.4, 0.5) is 23.1 Å². The van der Waals surface area contributed by atoms with Crippen LogP contribution in [0, 0.1) is 6.92 Å². The number of anilines is 4. The highest BCUT2D eigenvalue weighted by atomic mass is 16.4. The maximum Gasteiger partial charge on any atom is 0.306 e. The first kappa shape index (κ1) is 14.8. The van der Waals surface area contributed by atoms with E-state index in [2.05, 4.69) is 15.3 Å². The van der Waals surface area contributed by atoms with Gasteiger partial charge in [-0.3, -0.25) is 14.7 Å². The molecule has 1 N–H and O–H groups in total. The zero-order chi connectivity index (χ0) is 16.2. The van der Waals surface area contributed by atoms with Crippen molar-refractivity contribution in [2.45, 2.75) is 13.8 Å². The minimum absolute atomic E-state index is 0.121. The molecule has 0 radical (unpaired) electrons. The van der Waals surface area contributed by atoms with Gasteiger partial charge in [-0.1, -0.05) is 6.07 Å². The second-order valence-electron chi connectivity index (χ2n) is 5.04. The molecule has 0 aliphatic rings. The Kier molecular flexibility index (Phi) is 4.05. The van der Waals surface area contributed by atoms with Crippen LogP contribution in [0.2, 0.25) is 0 Å². The molecule has 2 aromatic heterocycles. The van der Waals surface area contributed by atoms with E-state index in [1.165, 1.54) is 13.2 Å². The summed E-state index contributed by atoms with van der Waals surface area (Å²) in [6, 6.07) is 9.87. The van der Waals surface area contributed by atoms with Crippen LogP contribution in [0.1, 0.15) is 12.5 Å². The molecule has 3 rings (SSSR count). The molecule has 23 heavy (non-hydrogen) atoms. The molecule has 0 aliphatic carbocycles. The van der Waals surface area contributed by atoms with E-state index in [-0.39, 0.29) is 5.91 Å². The zero-order valence-electron chi connectivity index (χ0n) is 12.9. The van der Waals surface area contributed by atoms with E-state index in [4.69, 9.17) is 4.42 Å². The van der Waals surface area contributed by atoms with Crippen molar-refractivity contribution in [3.8, 4) is 0 Å². The Bertz CT molecular complexity index is 801. The van der Waals surface area contributed by atoms with E-state index in [9.17, 15) is 4.79 Å². The van der Waals surface area contributed by atoms with Crippen molar-refractivity contribution in [2.24, 2.45) is 0 Å². The molecule has 1 amide bonds. The largest absolute Gasteiger partial charge is 0.432 e. The lowest BCUT2D eigenvalue weighted by molar-refractivity contribution is -0.114. The molecule has 6 nitrogen and oxygen atoms in total. The van der Waals surface area contributed by atoms with E-state index in [1.54, 1.807) is 18.6 Å². The third kappa shape index (κ3) is 3.21. The average molecular weight is 308 g/mol. The number of hydrogen-bond donors (Lipinski definition) is 1. The number of aromatic nitrogens is 2. The molecular formula is C17H16N4O2. The van der Waals surface area contributed by atoms with E-state index in [0.717, 1.165) is 16.9 Å². The second-order valence-corrected chi connectivity index (χ2v) is 5.04. The van der Waals surface area contributed by atoms with Gasteiger partial charge in [-0.25, -0.2) is 4.98 Å². The first-order chi connectivity index (χ1) is 11.1. The summed E-state index contributed by atoms with van der Waals surface area (Å²) in [5, 5.41) is 2.79. The van der Waals surface area contributed by atoms with Gasteiger partial charge in [0, 0.05) is 18.8 Å². The van der Waals surface area contributed by atoms with Gasteiger partial charge in [0.25, 0.3) is 0 Å². The zero-order valence-corrected chi connectivity index (χ0v) is 12.9. The molecule has 116 valence electrons. The molecule has 0 aliphatic heterocycles. The number of amides is 1. The van der Waals surface area contributed by atoms with Crippen molar-refractivity contribution in [2.75, 3.05) is 10.2 Å². The molecule has 3 aromatic rings. The van der Waals surface area contributed by atoms with Gasteiger partial charge in [0.15, 0.2) is 0 Å². The van der Waals surface area contributed by atoms with E-state index < -0.39 is 0 Å². The van der Waals surface area contributed by atoms with Crippen molar-refractivity contribution in [1.29, 1.82) is 0 Å². The van der Waals surface area contributed by atoms with Gasteiger partial charge >= 0.3 is 6.01 Å². The first-order valence-corrected chi connectivity index (χ1v) is 7.13. The lowest BCUT2D eigenvalue weighted by atomic mass is 10.1. The monoisotopic (exact) mass is 308 g/mol. The van der Waals surface area contributed by atoms with Crippen LogP contribution in [0.25, 0.3) is 0 Å². The topological polar surface area (TPSA) is 71.3 Å². The Morgan fingerprint density at radius 3 is 2.78 bits per heavy atom. The number of nitrogens with zero attached hydrogens (tertiary/aromatic N) is 3. The van der Waals surface area contributed by atoms with Gasteiger partial charge in [-0.15, -0.1) is 0 Å². The van der Waals surface area contributed by atoms with Crippen LogP contribution in [-0.2, 0) is 4.79 Å². The maximum atomic E-state index is 11.3. The number of hydrogen-bond acceptors (Lipinski definition) is 5. The third-order valence-corrected chi connectivity index (χ3v) is 3.29. The smallest absolute Gasteiger partial charge is 0.306 e. The highest BCUT2D eigenvalue weighted by Gasteiger charge is 2.18. The van der Waals surface area contributed by atoms with Gasteiger partial charge < -0.3 is 9.73 Å². The second kappa shape index (κ2) is 6.31. The summed E-state index contributed by atoms with van der Waals surface area (Å²) in [6.45, 7) is 3.46. The minimum atomic E-state index is -0.121.